The Labute approximate surface area is 215 Å². The molecule has 10 heteroatoms. The summed E-state index contributed by atoms with van der Waals surface area (Å²) in [7, 11) is -7.75. The molecule has 37 heavy (non-hydrogen) atoms. The zero-order chi connectivity index (χ0) is 26.6. The molecule has 7 nitrogen and oxygen atoms in total. The fourth-order valence-electron chi connectivity index (χ4n) is 3.69. The van der Waals surface area contributed by atoms with Crippen LogP contribution in [0.4, 0.5) is 4.39 Å². The zero-order valence-electron chi connectivity index (χ0n) is 20.5. The highest BCUT2D eigenvalue weighted by molar-refractivity contribution is 7.90. The third-order valence-electron chi connectivity index (χ3n) is 5.34. The van der Waals surface area contributed by atoms with Crippen LogP contribution in [0.3, 0.4) is 0 Å². The van der Waals surface area contributed by atoms with Gasteiger partial charge >= 0.3 is 7.60 Å². The van der Waals surface area contributed by atoms with Gasteiger partial charge in [-0.1, -0.05) is 50.2 Å². The molecule has 1 aromatic heterocycles. The molecule has 4 aromatic rings. The Balaban J connectivity index is 1.92. The van der Waals surface area contributed by atoms with Crippen molar-refractivity contribution in [3.63, 3.8) is 0 Å². The summed E-state index contributed by atoms with van der Waals surface area (Å²) >= 11 is 0. The summed E-state index contributed by atoms with van der Waals surface area (Å²) in [4.78, 5) is 8.67. The van der Waals surface area contributed by atoms with Crippen molar-refractivity contribution in [2.75, 3.05) is 6.26 Å². The highest BCUT2D eigenvalue weighted by atomic mass is 32.2. The van der Waals surface area contributed by atoms with Gasteiger partial charge in [0.05, 0.1) is 11.4 Å². The van der Waals surface area contributed by atoms with Crippen LogP contribution in [0.25, 0.3) is 11.3 Å². The molecule has 0 fully saturated rings. The van der Waals surface area contributed by atoms with Crippen LogP contribution in [-0.2, 0) is 20.6 Å². The molecule has 0 N–H and O–H groups in total. The van der Waals surface area contributed by atoms with E-state index < -0.39 is 23.3 Å². The summed E-state index contributed by atoms with van der Waals surface area (Å²) < 4.78 is 64.8. The molecule has 0 spiro atoms. The Morgan fingerprint density at radius 3 is 1.81 bits per heavy atom. The van der Waals surface area contributed by atoms with Crippen LogP contribution in [0, 0.1) is 5.82 Å². The molecule has 0 unspecified atom stereocenters. The molecule has 0 radical (unpaired) electrons. The van der Waals surface area contributed by atoms with E-state index in [0.29, 0.717) is 28.3 Å². The predicted molar refractivity (Wildman–Crippen MR) is 140 cm³/mol. The Morgan fingerprint density at radius 1 is 0.838 bits per heavy atom. The van der Waals surface area contributed by atoms with Gasteiger partial charge in [-0.2, -0.15) is 0 Å². The number of benzene rings is 3. The first-order chi connectivity index (χ1) is 17.5. The van der Waals surface area contributed by atoms with Crippen LogP contribution in [0.1, 0.15) is 31.0 Å². The number of nitrogens with zero attached hydrogens (tertiary/aromatic N) is 2. The Hall–Kier alpha value is -3.55. The van der Waals surface area contributed by atoms with Crippen molar-refractivity contribution < 1.29 is 26.4 Å². The van der Waals surface area contributed by atoms with Gasteiger partial charge in [0.1, 0.15) is 23.5 Å². The second-order valence-electron chi connectivity index (χ2n) is 8.73. The first kappa shape index (κ1) is 26.5. The molecular formula is C27H26FN2O5PS. The van der Waals surface area contributed by atoms with Crippen LogP contribution in [0.5, 0.6) is 11.5 Å². The van der Waals surface area contributed by atoms with Gasteiger partial charge in [-0.3, -0.25) is 0 Å². The molecule has 0 atom stereocenters. The van der Waals surface area contributed by atoms with Crippen molar-refractivity contribution >= 4 is 17.4 Å². The van der Waals surface area contributed by atoms with E-state index in [1.54, 1.807) is 60.7 Å². The highest BCUT2D eigenvalue weighted by Crippen LogP contribution is 2.53. The van der Waals surface area contributed by atoms with Gasteiger partial charge in [0.25, 0.3) is 0 Å². The third kappa shape index (κ3) is 6.61. The van der Waals surface area contributed by atoms with Crippen LogP contribution in [-0.4, -0.2) is 24.6 Å². The summed E-state index contributed by atoms with van der Waals surface area (Å²) in [5, 5.41) is -0.373. The van der Waals surface area contributed by atoms with E-state index in [4.69, 9.17) is 9.05 Å². The van der Waals surface area contributed by atoms with Crippen molar-refractivity contribution in [2.24, 2.45) is 0 Å². The summed E-state index contributed by atoms with van der Waals surface area (Å²) in [6.07, 6.45) is 0.754. The third-order valence-corrected chi connectivity index (χ3v) is 7.87. The predicted octanol–water partition coefficient (Wildman–Crippen LogP) is 6.66. The lowest BCUT2D eigenvalue weighted by Crippen LogP contribution is -2.14. The molecule has 0 amide bonds. The minimum atomic E-state index is -3.97. The van der Waals surface area contributed by atoms with Crippen molar-refractivity contribution in [1.82, 2.24) is 9.97 Å². The summed E-state index contributed by atoms with van der Waals surface area (Å²) in [5.41, 5.74) is 1.43. The maximum Gasteiger partial charge on any atom is 0.435 e. The molecule has 0 saturated heterocycles. The van der Waals surface area contributed by atoms with E-state index in [0.717, 1.165) is 6.26 Å². The smallest absolute Gasteiger partial charge is 0.416 e. The molecule has 1 heterocycles. The SMILES string of the molecule is CC(C)c1nc(S(C)(=O)=O)nc(-c2ccc(F)cc2)c1CP(=O)(Oc1ccccc1)Oc1ccccc1. The minimum absolute atomic E-state index is 0.215. The zero-order valence-corrected chi connectivity index (χ0v) is 22.2. The second-order valence-corrected chi connectivity index (χ2v) is 12.5. The van der Waals surface area contributed by atoms with Crippen molar-refractivity contribution in [3.8, 4) is 22.8 Å². The standard InChI is InChI=1S/C27H26FN2O5PS/c1-19(2)25-24(26(20-14-16-21(28)17-15-20)30-27(29-25)37(3,32)33)18-36(31,34-22-10-6-4-7-11-22)35-23-12-8-5-9-13-23/h4-17,19H,18H2,1-3H3. The molecule has 0 aliphatic carbocycles. The molecule has 0 aliphatic heterocycles. The lowest BCUT2D eigenvalue weighted by molar-refractivity contribution is 0.384. The lowest BCUT2D eigenvalue weighted by Gasteiger charge is -2.23. The van der Waals surface area contributed by atoms with E-state index in [1.165, 1.54) is 24.3 Å². The van der Waals surface area contributed by atoms with E-state index in [1.807, 2.05) is 13.8 Å². The molecular weight excluding hydrogens is 514 g/mol. The fraction of sp³-hybridized carbons (Fsp3) is 0.185. The lowest BCUT2D eigenvalue weighted by atomic mass is 10.00. The van der Waals surface area contributed by atoms with E-state index >= 15 is 0 Å². The van der Waals surface area contributed by atoms with Crippen LogP contribution in [0.15, 0.2) is 90.1 Å². The number of halogens is 1. The topological polar surface area (TPSA) is 95.5 Å². The number of sulfone groups is 1. The van der Waals surface area contributed by atoms with Crippen molar-refractivity contribution in [1.29, 1.82) is 0 Å². The van der Waals surface area contributed by atoms with E-state index in [-0.39, 0.29) is 22.9 Å². The average molecular weight is 541 g/mol. The largest absolute Gasteiger partial charge is 0.435 e. The van der Waals surface area contributed by atoms with Gasteiger partial charge in [0, 0.05) is 17.4 Å². The number of aromatic nitrogens is 2. The van der Waals surface area contributed by atoms with Gasteiger partial charge in [-0.25, -0.2) is 27.3 Å². The summed E-state index contributed by atoms with van der Waals surface area (Å²) in [6, 6.07) is 22.7. The van der Waals surface area contributed by atoms with Gasteiger partial charge in [0.2, 0.25) is 15.0 Å². The van der Waals surface area contributed by atoms with Gasteiger partial charge in [-0.15, -0.1) is 0 Å². The van der Waals surface area contributed by atoms with Crippen LogP contribution < -0.4 is 9.05 Å². The molecule has 0 saturated carbocycles. The van der Waals surface area contributed by atoms with E-state index in [2.05, 4.69) is 9.97 Å². The Kier molecular flexibility index (Phi) is 7.76. The number of hydrogen-bond acceptors (Lipinski definition) is 7. The molecule has 0 aliphatic rings. The van der Waals surface area contributed by atoms with Crippen molar-refractivity contribution in [2.45, 2.75) is 31.1 Å². The molecule has 4 rings (SSSR count). The second kappa shape index (κ2) is 10.8. The normalized spacial score (nSPS) is 11.9. The first-order valence-electron chi connectivity index (χ1n) is 11.5. The monoisotopic (exact) mass is 540 g/mol. The van der Waals surface area contributed by atoms with E-state index in [9.17, 15) is 17.4 Å². The van der Waals surface area contributed by atoms with Crippen molar-refractivity contribution in [3.05, 3.63) is 102 Å². The Morgan fingerprint density at radius 2 is 1.35 bits per heavy atom. The number of para-hydroxylation sites is 2. The summed E-state index contributed by atoms with van der Waals surface area (Å²) in [6.45, 7) is 3.68. The number of rotatable bonds is 9. The number of hydrogen-bond donors (Lipinski definition) is 0. The Bertz CT molecular complexity index is 1490. The van der Waals surface area contributed by atoms with Gasteiger partial charge in [-0.05, 0) is 54.4 Å². The maximum absolute atomic E-state index is 14.3. The van der Waals surface area contributed by atoms with Crippen LogP contribution >= 0.6 is 7.60 Å². The average Bonchev–Trinajstić information content (AvgIpc) is 2.85. The van der Waals surface area contributed by atoms with Crippen LogP contribution in [0.2, 0.25) is 0 Å². The van der Waals surface area contributed by atoms with Gasteiger partial charge < -0.3 is 9.05 Å². The quantitative estimate of drug-likeness (QED) is 0.173. The summed E-state index contributed by atoms with van der Waals surface area (Å²) in [5.74, 6) is -0.0494. The van der Waals surface area contributed by atoms with Gasteiger partial charge in [0.15, 0.2) is 0 Å². The molecule has 192 valence electrons. The minimum Gasteiger partial charge on any atom is -0.416 e. The molecule has 0 bridgehead atoms. The molecule has 3 aromatic carbocycles. The maximum atomic E-state index is 14.3. The highest BCUT2D eigenvalue weighted by Gasteiger charge is 2.34. The fourth-order valence-corrected chi connectivity index (χ4v) is 5.96. The first-order valence-corrected chi connectivity index (χ1v) is 15.1.